The van der Waals surface area contributed by atoms with E-state index in [0.29, 0.717) is 18.4 Å². The van der Waals surface area contributed by atoms with Crippen molar-refractivity contribution in [1.29, 1.82) is 0 Å². The summed E-state index contributed by atoms with van der Waals surface area (Å²) in [6, 6.07) is 5.69. The van der Waals surface area contributed by atoms with E-state index >= 15 is 0 Å². The van der Waals surface area contributed by atoms with Crippen LogP contribution in [-0.2, 0) is 23.0 Å². The fourth-order valence-corrected chi connectivity index (χ4v) is 4.48. The van der Waals surface area contributed by atoms with Crippen molar-refractivity contribution in [3.05, 3.63) is 59.7 Å². The summed E-state index contributed by atoms with van der Waals surface area (Å²) in [4.78, 5) is -0.834. The van der Waals surface area contributed by atoms with Crippen molar-refractivity contribution in [2.45, 2.75) is 37.1 Å². The van der Waals surface area contributed by atoms with E-state index in [2.05, 4.69) is 14.9 Å². The van der Waals surface area contributed by atoms with Crippen LogP contribution < -0.4 is 4.72 Å². The van der Waals surface area contributed by atoms with Crippen LogP contribution in [-0.4, -0.2) is 23.2 Å². The molecule has 0 saturated heterocycles. The molecule has 0 radical (unpaired) electrons. The molecule has 6 nitrogen and oxygen atoms in total. The van der Waals surface area contributed by atoms with E-state index in [1.165, 1.54) is 12.1 Å². The second-order valence-electron chi connectivity index (χ2n) is 6.78. The third-order valence-electron chi connectivity index (χ3n) is 4.75. The number of nitrogens with one attached hydrogen (secondary N) is 1. The monoisotopic (exact) mass is 422 g/mol. The van der Waals surface area contributed by atoms with E-state index in [1.54, 1.807) is 0 Å². The van der Waals surface area contributed by atoms with Crippen LogP contribution in [0.2, 0.25) is 0 Å². The lowest BCUT2D eigenvalue weighted by molar-refractivity contribution is 0.555. The molecule has 152 valence electrons. The van der Waals surface area contributed by atoms with Gasteiger partial charge in [0.2, 0.25) is 0 Å². The zero-order valence-electron chi connectivity index (χ0n) is 15.2. The molecule has 1 N–H and O–H groups in total. The van der Waals surface area contributed by atoms with Crippen molar-refractivity contribution in [2.75, 3.05) is 4.72 Å². The summed E-state index contributed by atoms with van der Waals surface area (Å²) in [5.41, 5.74) is 0.0709. The molecule has 0 atom stereocenters. The first kappa shape index (κ1) is 19.4. The Hall–Kier alpha value is -2.88. The highest BCUT2D eigenvalue weighted by molar-refractivity contribution is 7.92. The van der Waals surface area contributed by atoms with Gasteiger partial charge in [0.25, 0.3) is 10.0 Å². The van der Waals surface area contributed by atoms with Crippen molar-refractivity contribution in [2.24, 2.45) is 0 Å². The Bertz CT molecular complexity index is 1180. The summed E-state index contributed by atoms with van der Waals surface area (Å²) >= 11 is 0. The summed E-state index contributed by atoms with van der Waals surface area (Å²) in [6.07, 6.45) is 3.65. The van der Waals surface area contributed by atoms with Gasteiger partial charge >= 0.3 is 0 Å². The minimum Gasteiger partial charge on any atom is -0.311 e. The van der Waals surface area contributed by atoms with Gasteiger partial charge < -0.3 is 4.57 Å². The lowest BCUT2D eigenvalue weighted by atomic mass is 10.1. The summed E-state index contributed by atoms with van der Waals surface area (Å²) in [5.74, 6) is -1.52. The normalized spacial score (nSPS) is 14.3. The molecular weight excluding hydrogens is 405 g/mol. The van der Waals surface area contributed by atoms with E-state index in [0.717, 1.165) is 49.7 Å². The number of aromatic nitrogens is 3. The highest BCUT2D eigenvalue weighted by Gasteiger charge is 2.23. The lowest BCUT2D eigenvalue weighted by Gasteiger charge is -2.12. The van der Waals surface area contributed by atoms with Gasteiger partial charge in [0.05, 0.1) is 5.56 Å². The maximum Gasteiger partial charge on any atom is 0.264 e. The average Bonchev–Trinajstić information content (AvgIpc) is 2.92. The van der Waals surface area contributed by atoms with Crippen LogP contribution in [0, 0.1) is 17.5 Å². The molecule has 1 aliphatic rings. The second-order valence-corrected chi connectivity index (χ2v) is 8.43. The Kier molecular flexibility index (Phi) is 5.03. The van der Waals surface area contributed by atoms with Gasteiger partial charge in [0.15, 0.2) is 5.82 Å². The van der Waals surface area contributed by atoms with E-state index < -0.39 is 32.4 Å². The van der Waals surface area contributed by atoms with Crippen LogP contribution in [0.15, 0.2) is 41.3 Å². The predicted molar refractivity (Wildman–Crippen MR) is 100 cm³/mol. The molecule has 10 heteroatoms. The Morgan fingerprint density at radius 3 is 2.55 bits per heavy atom. The van der Waals surface area contributed by atoms with Crippen molar-refractivity contribution >= 4 is 15.7 Å². The van der Waals surface area contributed by atoms with Crippen LogP contribution in [0.25, 0.3) is 11.4 Å². The first-order chi connectivity index (χ1) is 13.8. The van der Waals surface area contributed by atoms with Crippen LogP contribution in [0.5, 0.6) is 0 Å². The van der Waals surface area contributed by atoms with Crippen LogP contribution in [0.3, 0.4) is 0 Å². The van der Waals surface area contributed by atoms with Gasteiger partial charge in [-0.15, -0.1) is 10.2 Å². The predicted octanol–water partition coefficient (Wildman–Crippen LogP) is 3.89. The summed E-state index contributed by atoms with van der Waals surface area (Å²) in [6.45, 7) is 0.640. The highest BCUT2D eigenvalue weighted by Crippen LogP contribution is 2.29. The Labute approximate surface area is 165 Å². The molecular formula is C19H17F3N4O2S. The quantitative estimate of drug-likeness (QED) is 0.692. The number of rotatable bonds is 4. The van der Waals surface area contributed by atoms with Gasteiger partial charge in [0, 0.05) is 18.7 Å². The second kappa shape index (κ2) is 7.51. The van der Waals surface area contributed by atoms with Gasteiger partial charge in [-0.25, -0.2) is 21.6 Å². The van der Waals surface area contributed by atoms with Crippen LogP contribution in [0.4, 0.5) is 18.9 Å². The Morgan fingerprint density at radius 2 is 1.72 bits per heavy atom. The molecule has 29 heavy (non-hydrogen) atoms. The zero-order valence-corrected chi connectivity index (χ0v) is 16.0. The average molecular weight is 422 g/mol. The number of benzene rings is 2. The minimum absolute atomic E-state index is 0.00367. The smallest absolute Gasteiger partial charge is 0.264 e. The van der Waals surface area contributed by atoms with Crippen molar-refractivity contribution < 1.29 is 21.6 Å². The van der Waals surface area contributed by atoms with Crippen molar-refractivity contribution in [1.82, 2.24) is 14.8 Å². The molecule has 0 bridgehead atoms. The largest absolute Gasteiger partial charge is 0.311 e. The van der Waals surface area contributed by atoms with E-state index in [-0.39, 0.29) is 11.3 Å². The molecule has 2 heterocycles. The molecule has 0 aliphatic carbocycles. The first-order valence-corrected chi connectivity index (χ1v) is 10.5. The SMILES string of the molecule is O=S(=O)(Nc1ccc(F)c(-c2nnc3n2CCCCC3)c1)c1cc(F)ccc1F. The molecule has 0 unspecified atom stereocenters. The van der Waals surface area contributed by atoms with Gasteiger partial charge in [-0.05, 0) is 49.2 Å². The number of anilines is 1. The third kappa shape index (κ3) is 3.84. The Balaban J connectivity index is 1.71. The van der Waals surface area contributed by atoms with E-state index in [4.69, 9.17) is 0 Å². The Morgan fingerprint density at radius 1 is 0.931 bits per heavy atom. The van der Waals surface area contributed by atoms with Crippen molar-refractivity contribution in [3.8, 4) is 11.4 Å². The topological polar surface area (TPSA) is 76.9 Å². The van der Waals surface area contributed by atoms with Gasteiger partial charge in [0.1, 0.15) is 28.2 Å². The highest BCUT2D eigenvalue weighted by atomic mass is 32.2. The molecule has 3 aromatic rings. The van der Waals surface area contributed by atoms with Crippen molar-refractivity contribution in [3.63, 3.8) is 0 Å². The van der Waals surface area contributed by atoms with Crippen LogP contribution in [0.1, 0.15) is 25.1 Å². The maximum absolute atomic E-state index is 14.5. The third-order valence-corrected chi connectivity index (χ3v) is 6.15. The number of nitrogens with zero attached hydrogens (tertiary/aromatic N) is 3. The van der Waals surface area contributed by atoms with Gasteiger partial charge in [-0.1, -0.05) is 6.42 Å². The maximum atomic E-state index is 14.5. The summed E-state index contributed by atoms with van der Waals surface area (Å²) in [5, 5.41) is 8.20. The van der Waals surface area contributed by atoms with Gasteiger partial charge in [-0.3, -0.25) is 4.72 Å². The van der Waals surface area contributed by atoms with E-state index in [9.17, 15) is 21.6 Å². The molecule has 2 aromatic carbocycles. The fourth-order valence-electron chi connectivity index (χ4n) is 3.34. The molecule has 0 fully saturated rings. The number of fused-ring (bicyclic) bond motifs is 1. The molecule has 0 spiro atoms. The molecule has 1 aliphatic heterocycles. The molecule has 0 amide bonds. The van der Waals surface area contributed by atoms with Gasteiger partial charge in [-0.2, -0.15) is 0 Å². The lowest BCUT2D eigenvalue weighted by Crippen LogP contribution is -2.15. The first-order valence-electron chi connectivity index (χ1n) is 9.05. The summed E-state index contributed by atoms with van der Waals surface area (Å²) < 4.78 is 70.8. The number of aryl methyl sites for hydroxylation is 1. The zero-order chi connectivity index (χ0) is 20.6. The molecule has 1 aromatic heterocycles. The number of halogens is 3. The van der Waals surface area contributed by atoms with E-state index in [1.807, 2.05) is 4.57 Å². The number of hydrogen-bond acceptors (Lipinski definition) is 4. The minimum atomic E-state index is -4.42. The fraction of sp³-hybridized carbons (Fsp3) is 0.263. The summed E-state index contributed by atoms with van der Waals surface area (Å²) in [7, 11) is -4.42. The molecule has 0 saturated carbocycles. The standard InChI is InChI=1S/C19H17F3N4O2S/c20-12-5-7-16(22)17(10-12)29(27,28)25-13-6-8-15(21)14(11-13)19-24-23-18-4-2-1-3-9-26(18)19/h5-8,10-11,25H,1-4,9H2. The number of sulfonamides is 1. The van der Waals surface area contributed by atoms with Crippen LogP contribution >= 0.6 is 0 Å². The molecule has 4 rings (SSSR count). The number of hydrogen-bond donors (Lipinski definition) is 1.